The molecule has 0 aromatic carbocycles. The first-order chi connectivity index (χ1) is 9.65. The van der Waals surface area contributed by atoms with E-state index in [2.05, 4.69) is 11.4 Å². The highest BCUT2D eigenvalue weighted by atomic mass is 35.5. The van der Waals surface area contributed by atoms with E-state index in [-0.39, 0.29) is 24.9 Å². The molecule has 116 valence electrons. The first-order valence-electron chi connectivity index (χ1n) is 6.95. The number of carbonyl (C=O) groups is 2. The van der Waals surface area contributed by atoms with Crippen molar-refractivity contribution in [1.29, 1.82) is 0 Å². The molecule has 1 amide bonds. The first kappa shape index (κ1) is 16.3. The molecule has 2 aliphatic rings. The Balaban J connectivity index is 0.00000161. The molecular formula is C14H19ClN2O3S. The van der Waals surface area contributed by atoms with Gasteiger partial charge in [0, 0.05) is 18.0 Å². The number of halogens is 1. The lowest BCUT2D eigenvalue weighted by Crippen LogP contribution is -2.45. The smallest absolute Gasteiger partial charge is 0.320 e. The van der Waals surface area contributed by atoms with E-state index >= 15 is 0 Å². The van der Waals surface area contributed by atoms with Crippen LogP contribution in [-0.2, 0) is 22.6 Å². The minimum Gasteiger partial charge on any atom is -0.480 e. The van der Waals surface area contributed by atoms with Gasteiger partial charge in [-0.3, -0.25) is 14.5 Å². The van der Waals surface area contributed by atoms with Crippen molar-refractivity contribution in [3.8, 4) is 0 Å². The number of fused-ring (bicyclic) bond motifs is 1. The van der Waals surface area contributed by atoms with E-state index in [1.165, 1.54) is 10.4 Å². The van der Waals surface area contributed by atoms with E-state index in [0.29, 0.717) is 19.5 Å². The Hall–Kier alpha value is -1.11. The fourth-order valence-corrected chi connectivity index (χ4v) is 3.92. The van der Waals surface area contributed by atoms with E-state index in [4.69, 9.17) is 5.11 Å². The monoisotopic (exact) mass is 330 g/mol. The summed E-state index contributed by atoms with van der Waals surface area (Å²) in [4.78, 5) is 28.5. The lowest BCUT2D eigenvalue weighted by atomic mass is 10.1. The zero-order chi connectivity index (χ0) is 14.1. The molecule has 2 aliphatic heterocycles. The van der Waals surface area contributed by atoms with Gasteiger partial charge in [0.2, 0.25) is 5.91 Å². The van der Waals surface area contributed by atoms with Crippen LogP contribution in [0.5, 0.6) is 0 Å². The summed E-state index contributed by atoms with van der Waals surface area (Å²) in [6.07, 6.45) is 2.43. The highest BCUT2D eigenvalue weighted by molar-refractivity contribution is 7.10. The molecule has 1 atom stereocenters. The Morgan fingerprint density at radius 2 is 2.19 bits per heavy atom. The molecule has 1 aromatic heterocycles. The maximum atomic E-state index is 12.3. The van der Waals surface area contributed by atoms with Crippen LogP contribution in [0.25, 0.3) is 0 Å². The Kier molecular flexibility index (Phi) is 5.24. The Bertz CT molecular complexity index is 534. The van der Waals surface area contributed by atoms with Gasteiger partial charge in [-0.05, 0) is 42.8 Å². The Morgan fingerprint density at radius 1 is 1.38 bits per heavy atom. The van der Waals surface area contributed by atoms with E-state index in [9.17, 15) is 9.59 Å². The molecule has 21 heavy (non-hydrogen) atoms. The second-order valence-corrected chi connectivity index (χ2v) is 6.40. The number of aliphatic carboxylic acids is 1. The van der Waals surface area contributed by atoms with E-state index in [1.807, 2.05) is 4.90 Å². The molecule has 0 aliphatic carbocycles. The molecule has 0 saturated carbocycles. The normalized spacial score (nSPS) is 21.7. The first-order valence-corrected chi connectivity index (χ1v) is 7.83. The summed E-state index contributed by atoms with van der Waals surface area (Å²) in [5.41, 5.74) is 1.24. The van der Waals surface area contributed by atoms with E-state index in [0.717, 1.165) is 19.4 Å². The number of nitrogens with zero attached hydrogens (tertiary/aromatic N) is 2. The number of thiophene rings is 1. The second-order valence-electron chi connectivity index (χ2n) is 5.40. The standard InChI is InChI=1S/C14H18N2O3S.ClH/c17-13(9-15-5-1-2-11(15)14(18)19)16-6-3-12-10(8-16)4-7-20-12;/h4,7,11H,1-3,5-6,8-9H2,(H,18,19);1H. The van der Waals surface area contributed by atoms with Gasteiger partial charge in [0.1, 0.15) is 6.04 Å². The second kappa shape index (κ2) is 6.77. The summed E-state index contributed by atoms with van der Waals surface area (Å²) in [5.74, 6) is -0.760. The minimum absolute atomic E-state index is 0. The summed E-state index contributed by atoms with van der Waals surface area (Å²) in [5, 5.41) is 11.2. The van der Waals surface area contributed by atoms with Gasteiger partial charge >= 0.3 is 5.97 Å². The van der Waals surface area contributed by atoms with Crippen LogP contribution in [-0.4, -0.2) is 52.5 Å². The highest BCUT2D eigenvalue weighted by Gasteiger charge is 2.33. The molecular weight excluding hydrogens is 312 g/mol. The molecule has 0 spiro atoms. The third-order valence-corrected chi connectivity index (χ3v) is 5.17. The van der Waals surface area contributed by atoms with Crippen molar-refractivity contribution in [2.75, 3.05) is 19.6 Å². The lowest BCUT2D eigenvalue weighted by molar-refractivity contribution is -0.143. The average Bonchev–Trinajstić information content (AvgIpc) is 3.05. The molecule has 7 heteroatoms. The van der Waals surface area contributed by atoms with Crippen LogP contribution in [0.4, 0.5) is 0 Å². The van der Waals surface area contributed by atoms with Crippen LogP contribution in [0.3, 0.4) is 0 Å². The van der Waals surface area contributed by atoms with Gasteiger partial charge in [0.05, 0.1) is 6.54 Å². The average molecular weight is 331 g/mol. The number of carbonyl (C=O) groups excluding carboxylic acids is 1. The van der Waals surface area contributed by atoms with Crippen molar-refractivity contribution < 1.29 is 14.7 Å². The van der Waals surface area contributed by atoms with Crippen LogP contribution in [0.15, 0.2) is 11.4 Å². The zero-order valence-corrected chi connectivity index (χ0v) is 13.3. The quantitative estimate of drug-likeness (QED) is 0.914. The van der Waals surface area contributed by atoms with Crippen LogP contribution >= 0.6 is 23.7 Å². The SMILES string of the molecule is Cl.O=C(O)C1CCCN1CC(=O)N1CCc2sccc2C1. The van der Waals surface area contributed by atoms with Gasteiger partial charge < -0.3 is 10.0 Å². The maximum Gasteiger partial charge on any atom is 0.320 e. The fraction of sp³-hybridized carbons (Fsp3) is 0.571. The largest absolute Gasteiger partial charge is 0.480 e. The number of amides is 1. The number of hydrogen-bond acceptors (Lipinski definition) is 4. The number of rotatable bonds is 3. The predicted molar refractivity (Wildman–Crippen MR) is 82.9 cm³/mol. The molecule has 1 N–H and O–H groups in total. The summed E-state index contributed by atoms with van der Waals surface area (Å²) in [6, 6.07) is 1.59. The number of carboxylic acid groups (broad SMARTS) is 1. The third kappa shape index (κ3) is 3.39. The number of carboxylic acids is 1. The number of likely N-dealkylation sites (tertiary alicyclic amines) is 1. The van der Waals surface area contributed by atoms with Crippen molar-refractivity contribution in [2.45, 2.75) is 31.8 Å². The van der Waals surface area contributed by atoms with Gasteiger partial charge in [0.25, 0.3) is 0 Å². The minimum atomic E-state index is -0.811. The number of hydrogen-bond donors (Lipinski definition) is 1. The van der Waals surface area contributed by atoms with Gasteiger partial charge in [-0.2, -0.15) is 0 Å². The lowest BCUT2D eigenvalue weighted by Gasteiger charge is -2.29. The molecule has 3 rings (SSSR count). The molecule has 1 fully saturated rings. The highest BCUT2D eigenvalue weighted by Crippen LogP contribution is 2.24. The van der Waals surface area contributed by atoms with Gasteiger partial charge in [-0.1, -0.05) is 0 Å². The van der Waals surface area contributed by atoms with Crippen molar-refractivity contribution in [1.82, 2.24) is 9.80 Å². The summed E-state index contributed by atoms with van der Waals surface area (Å²) in [7, 11) is 0. The van der Waals surface area contributed by atoms with Crippen molar-refractivity contribution in [3.63, 3.8) is 0 Å². The van der Waals surface area contributed by atoms with Crippen molar-refractivity contribution in [2.24, 2.45) is 0 Å². The topological polar surface area (TPSA) is 60.9 Å². The molecule has 0 bridgehead atoms. The van der Waals surface area contributed by atoms with Gasteiger partial charge in [0.15, 0.2) is 0 Å². The van der Waals surface area contributed by atoms with Crippen LogP contribution in [0.1, 0.15) is 23.3 Å². The third-order valence-electron chi connectivity index (χ3n) is 4.15. The summed E-state index contributed by atoms with van der Waals surface area (Å²) in [6.45, 7) is 2.36. The predicted octanol–water partition coefficient (Wildman–Crippen LogP) is 1.60. The molecule has 1 aromatic rings. The van der Waals surface area contributed by atoms with E-state index < -0.39 is 12.0 Å². The molecule has 1 saturated heterocycles. The van der Waals surface area contributed by atoms with E-state index in [1.54, 1.807) is 16.2 Å². The zero-order valence-electron chi connectivity index (χ0n) is 11.7. The van der Waals surface area contributed by atoms with Crippen molar-refractivity contribution >= 4 is 35.6 Å². The maximum absolute atomic E-state index is 12.3. The Labute approximate surface area is 133 Å². The van der Waals surface area contributed by atoms with Crippen molar-refractivity contribution in [3.05, 3.63) is 21.9 Å². The van der Waals surface area contributed by atoms with Crippen LogP contribution in [0, 0.1) is 0 Å². The Morgan fingerprint density at radius 3 is 2.95 bits per heavy atom. The fourth-order valence-electron chi connectivity index (χ4n) is 3.03. The van der Waals surface area contributed by atoms with Crippen LogP contribution < -0.4 is 0 Å². The molecule has 5 nitrogen and oxygen atoms in total. The molecule has 1 unspecified atom stereocenters. The van der Waals surface area contributed by atoms with Gasteiger partial charge in [-0.15, -0.1) is 23.7 Å². The summed E-state index contributed by atoms with van der Waals surface area (Å²) >= 11 is 1.75. The summed E-state index contributed by atoms with van der Waals surface area (Å²) < 4.78 is 0. The molecule has 0 radical (unpaired) electrons. The van der Waals surface area contributed by atoms with Gasteiger partial charge in [-0.25, -0.2) is 0 Å². The molecule has 3 heterocycles. The van der Waals surface area contributed by atoms with Crippen LogP contribution in [0.2, 0.25) is 0 Å².